The van der Waals surface area contributed by atoms with E-state index < -0.39 is 10.8 Å². The molecule has 0 heterocycles. The summed E-state index contributed by atoms with van der Waals surface area (Å²) in [5.41, 5.74) is 2.82. The maximum atomic E-state index is 12.2. The first-order chi connectivity index (χ1) is 13.7. The smallest absolute Gasteiger partial charge is 0.293 e. The predicted octanol–water partition coefficient (Wildman–Crippen LogP) is 3.65. The van der Waals surface area contributed by atoms with E-state index in [2.05, 4.69) is 16.0 Å². The summed E-state index contributed by atoms with van der Waals surface area (Å²) in [7, 11) is 0. The Kier molecular flexibility index (Phi) is 7.30. The van der Waals surface area contributed by atoms with E-state index in [4.69, 9.17) is 0 Å². The van der Waals surface area contributed by atoms with Crippen LogP contribution in [0.5, 0.6) is 0 Å². The highest BCUT2D eigenvalue weighted by molar-refractivity contribution is 5.96. The summed E-state index contributed by atoms with van der Waals surface area (Å²) in [5, 5.41) is 19.6. The number of hydrogen-bond acceptors (Lipinski definition) is 5. The van der Waals surface area contributed by atoms with Crippen molar-refractivity contribution in [2.75, 3.05) is 23.7 Å². The summed E-state index contributed by atoms with van der Waals surface area (Å²) in [4.78, 5) is 35.0. The molecule has 29 heavy (non-hydrogen) atoms. The van der Waals surface area contributed by atoms with Gasteiger partial charge in [0, 0.05) is 23.9 Å². The summed E-state index contributed by atoms with van der Waals surface area (Å²) in [6.45, 7) is 8.16. The number of benzene rings is 2. The van der Waals surface area contributed by atoms with Crippen LogP contribution in [0.15, 0.2) is 36.4 Å². The van der Waals surface area contributed by atoms with Gasteiger partial charge < -0.3 is 16.0 Å². The molecule has 3 N–H and O–H groups in total. The van der Waals surface area contributed by atoms with Gasteiger partial charge in [-0.2, -0.15) is 0 Å². The number of nitro benzene ring substituents is 1. The first kappa shape index (κ1) is 21.9. The topological polar surface area (TPSA) is 113 Å². The van der Waals surface area contributed by atoms with Crippen molar-refractivity contribution in [1.82, 2.24) is 5.32 Å². The molecular formula is C21H26N4O4. The second-order valence-corrected chi connectivity index (χ2v) is 7.31. The highest BCUT2D eigenvalue weighted by atomic mass is 16.6. The molecule has 8 nitrogen and oxygen atoms in total. The van der Waals surface area contributed by atoms with Crippen molar-refractivity contribution in [2.45, 2.75) is 27.7 Å². The molecule has 2 aromatic rings. The normalized spacial score (nSPS) is 10.5. The molecule has 0 aliphatic heterocycles. The Hall–Kier alpha value is -3.42. The van der Waals surface area contributed by atoms with Crippen molar-refractivity contribution >= 4 is 28.9 Å². The minimum absolute atomic E-state index is 0.0647. The lowest BCUT2D eigenvalue weighted by atomic mass is 10.1. The lowest BCUT2D eigenvalue weighted by Crippen LogP contribution is -2.27. The third-order valence-electron chi connectivity index (χ3n) is 4.22. The summed E-state index contributed by atoms with van der Waals surface area (Å²) >= 11 is 0. The average molecular weight is 398 g/mol. The Morgan fingerprint density at radius 1 is 1.07 bits per heavy atom. The van der Waals surface area contributed by atoms with Gasteiger partial charge in [0.1, 0.15) is 5.69 Å². The molecule has 8 heteroatoms. The Morgan fingerprint density at radius 2 is 1.76 bits per heavy atom. The highest BCUT2D eigenvalue weighted by Gasteiger charge is 2.16. The van der Waals surface area contributed by atoms with E-state index in [1.165, 1.54) is 12.1 Å². The third kappa shape index (κ3) is 6.31. The van der Waals surface area contributed by atoms with Gasteiger partial charge in [-0.3, -0.25) is 19.7 Å². The van der Waals surface area contributed by atoms with Gasteiger partial charge >= 0.3 is 0 Å². The number of aryl methyl sites for hydroxylation is 2. The molecule has 0 atom stereocenters. The van der Waals surface area contributed by atoms with Gasteiger partial charge in [-0.1, -0.05) is 19.9 Å². The fraction of sp³-hybridized carbons (Fsp3) is 0.333. The van der Waals surface area contributed by atoms with Crippen LogP contribution < -0.4 is 16.0 Å². The van der Waals surface area contributed by atoms with Crippen LogP contribution in [0.1, 0.15) is 35.3 Å². The van der Waals surface area contributed by atoms with Crippen molar-refractivity contribution in [2.24, 2.45) is 5.92 Å². The second-order valence-electron chi connectivity index (χ2n) is 7.31. The number of nitro groups is 1. The first-order valence-electron chi connectivity index (χ1n) is 9.35. The minimum Gasteiger partial charge on any atom is -0.376 e. The van der Waals surface area contributed by atoms with E-state index in [0.29, 0.717) is 23.7 Å². The Labute approximate surface area is 169 Å². The number of hydrogen-bond donors (Lipinski definition) is 3. The molecule has 0 aromatic heterocycles. The van der Waals surface area contributed by atoms with E-state index in [-0.39, 0.29) is 23.8 Å². The number of amides is 2. The third-order valence-corrected chi connectivity index (χ3v) is 4.22. The second kappa shape index (κ2) is 9.68. The van der Waals surface area contributed by atoms with Crippen molar-refractivity contribution in [3.63, 3.8) is 0 Å². The average Bonchev–Trinajstić information content (AvgIpc) is 2.66. The monoisotopic (exact) mass is 398 g/mol. The molecule has 0 spiro atoms. The molecule has 0 saturated heterocycles. The molecule has 154 valence electrons. The zero-order valence-corrected chi connectivity index (χ0v) is 17.0. The van der Waals surface area contributed by atoms with Gasteiger partial charge in [-0.25, -0.2) is 0 Å². The summed E-state index contributed by atoms with van der Waals surface area (Å²) in [6, 6.07) is 9.80. The molecule has 0 fully saturated rings. The molecule has 0 radical (unpaired) electrons. The predicted molar refractivity (Wildman–Crippen MR) is 113 cm³/mol. The van der Waals surface area contributed by atoms with Gasteiger partial charge in [0.15, 0.2) is 0 Å². The van der Waals surface area contributed by atoms with E-state index in [1.807, 2.05) is 20.8 Å². The van der Waals surface area contributed by atoms with E-state index in [0.717, 1.165) is 11.1 Å². The minimum atomic E-state index is -0.525. The summed E-state index contributed by atoms with van der Waals surface area (Å²) in [6.07, 6.45) is 0. The van der Waals surface area contributed by atoms with Crippen LogP contribution in [-0.2, 0) is 4.79 Å². The number of anilines is 2. The van der Waals surface area contributed by atoms with Gasteiger partial charge in [-0.15, -0.1) is 0 Å². The molecule has 2 amide bonds. The van der Waals surface area contributed by atoms with Crippen LogP contribution >= 0.6 is 0 Å². The van der Waals surface area contributed by atoms with Crippen molar-refractivity contribution in [3.05, 3.63) is 63.2 Å². The summed E-state index contributed by atoms with van der Waals surface area (Å²) < 4.78 is 0. The van der Waals surface area contributed by atoms with Gasteiger partial charge in [0.05, 0.1) is 11.5 Å². The SMILES string of the molecule is Cc1ccc(NC(=O)CNc2ccc(C(=O)NCC(C)C)cc2C)c([N+](=O)[O-])c1. The Morgan fingerprint density at radius 3 is 2.38 bits per heavy atom. The van der Waals surface area contributed by atoms with Crippen LogP contribution in [0.4, 0.5) is 17.1 Å². The fourth-order valence-corrected chi connectivity index (χ4v) is 2.67. The van der Waals surface area contributed by atoms with E-state index >= 15 is 0 Å². The number of carbonyl (C=O) groups excluding carboxylic acids is 2. The molecule has 0 unspecified atom stereocenters. The molecule has 0 aliphatic rings. The molecule has 2 rings (SSSR count). The number of nitrogens with one attached hydrogen (secondary N) is 3. The molecule has 0 bridgehead atoms. The number of carbonyl (C=O) groups is 2. The van der Waals surface area contributed by atoms with Gasteiger partial charge in [0.25, 0.3) is 11.6 Å². The maximum absolute atomic E-state index is 12.2. The van der Waals surface area contributed by atoms with Crippen molar-refractivity contribution in [3.8, 4) is 0 Å². The molecule has 0 aliphatic carbocycles. The lowest BCUT2D eigenvalue weighted by Gasteiger charge is -2.12. The number of nitrogens with zero attached hydrogens (tertiary/aromatic N) is 1. The van der Waals surface area contributed by atoms with Crippen LogP contribution in [0.25, 0.3) is 0 Å². The van der Waals surface area contributed by atoms with Gasteiger partial charge in [-0.05, 0) is 55.2 Å². The Balaban J connectivity index is 1.99. The lowest BCUT2D eigenvalue weighted by molar-refractivity contribution is -0.384. The Bertz CT molecular complexity index is 925. The van der Waals surface area contributed by atoms with E-state index in [1.54, 1.807) is 31.2 Å². The summed E-state index contributed by atoms with van der Waals surface area (Å²) in [5.74, 6) is -0.184. The maximum Gasteiger partial charge on any atom is 0.293 e. The van der Waals surface area contributed by atoms with Crippen molar-refractivity contribution < 1.29 is 14.5 Å². The largest absolute Gasteiger partial charge is 0.376 e. The zero-order valence-electron chi connectivity index (χ0n) is 17.0. The van der Waals surface area contributed by atoms with Crippen LogP contribution in [0.3, 0.4) is 0 Å². The van der Waals surface area contributed by atoms with Crippen LogP contribution in [-0.4, -0.2) is 29.8 Å². The van der Waals surface area contributed by atoms with Crippen LogP contribution in [0, 0.1) is 29.9 Å². The molecule has 0 saturated carbocycles. The number of rotatable bonds is 8. The zero-order chi connectivity index (χ0) is 21.6. The first-order valence-corrected chi connectivity index (χ1v) is 9.35. The molecule has 2 aromatic carbocycles. The van der Waals surface area contributed by atoms with Crippen molar-refractivity contribution in [1.29, 1.82) is 0 Å². The van der Waals surface area contributed by atoms with E-state index in [9.17, 15) is 19.7 Å². The van der Waals surface area contributed by atoms with Gasteiger partial charge in [0.2, 0.25) is 5.91 Å². The standard InChI is InChI=1S/C21H26N4O4/c1-13(2)11-23-21(27)16-6-8-17(15(4)10-16)22-12-20(26)24-18-7-5-14(3)9-19(18)25(28)29/h5-10,13,22H,11-12H2,1-4H3,(H,23,27)(H,24,26). The molecular weight excluding hydrogens is 372 g/mol. The fourth-order valence-electron chi connectivity index (χ4n) is 2.67. The van der Waals surface area contributed by atoms with Crippen LogP contribution in [0.2, 0.25) is 0 Å². The quantitative estimate of drug-likeness (QED) is 0.464. The highest BCUT2D eigenvalue weighted by Crippen LogP contribution is 2.25.